The Morgan fingerprint density at radius 2 is 1.76 bits per heavy atom. The Morgan fingerprint density at radius 1 is 1.03 bits per heavy atom. The molecule has 5 heteroatoms. The molecule has 29 heavy (non-hydrogen) atoms. The van der Waals surface area contributed by atoms with Gasteiger partial charge < -0.3 is 9.80 Å². The van der Waals surface area contributed by atoms with Crippen LogP contribution >= 0.6 is 15.9 Å². The van der Waals surface area contributed by atoms with Crippen molar-refractivity contribution in [3.8, 4) is 0 Å². The molecule has 2 aliphatic rings. The van der Waals surface area contributed by atoms with Gasteiger partial charge in [0.1, 0.15) is 5.92 Å². The van der Waals surface area contributed by atoms with E-state index in [0.717, 1.165) is 48.1 Å². The second-order valence-corrected chi connectivity index (χ2v) is 9.14. The molecule has 2 aliphatic heterocycles. The predicted octanol–water partition coefficient (Wildman–Crippen LogP) is 4.59. The number of amides is 2. The molecule has 0 aliphatic carbocycles. The smallest absolute Gasteiger partial charge is 0.239 e. The number of halogens is 1. The first-order valence-electron chi connectivity index (χ1n) is 10.4. The lowest BCUT2D eigenvalue weighted by atomic mass is 9.89. The van der Waals surface area contributed by atoms with Crippen LogP contribution in [0.2, 0.25) is 0 Å². The van der Waals surface area contributed by atoms with Gasteiger partial charge in [-0.05, 0) is 67.9 Å². The second kappa shape index (κ2) is 8.70. The zero-order valence-corrected chi connectivity index (χ0v) is 18.4. The van der Waals surface area contributed by atoms with Crippen LogP contribution in [0.3, 0.4) is 0 Å². The van der Waals surface area contributed by atoms with Crippen molar-refractivity contribution in [3.05, 3.63) is 64.1 Å². The van der Waals surface area contributed by atoms with E-state index < -0.39 is 5.92 Å². The maximum absolute atomic E-state index is 13.1. The van der Waals surface area contributed by atoms with Gasteiger partial charge in [-0.25, -0.2) is 0 Å². The first kappa shape index (κ1) is 20.1. The normalized spacial score (nSPS) is 20.3. The van der Waals surface area contributed by atoms with E-state index >= 15 is 0 Å². The molecule has 4 rings (SSSR count). The molecule has 1 atom stereocenters. The number of aryl methyl sites for hydroxylation is 1. The Morgan fingerprint density at radius 3 is 2.45 bits per heavy atom. The molecular weight excluding hydrogens is 428 g/mol. The van der Waals surface area contributed by atoms with Crippen molar-refractivity contribution < 1.29 is 9.59 Å². The molecule has 2 heterocycles. The summed E-state index contributed by atoms with van der Waals surface area (Å²) in [5.41, 5.74) is 3.32. The molecule has 2 aromatic rings. The molecule has 0 aromatic heterocycles. The summed E-state index contributed by atoms with van der Waals surface area (Å²) in [6.07, 6.45) is 3.70. The molecule has 0 N–H and O–H groups in total. The monoisotopic (exact) mass is 454 g/mol. The third-order valence-corrected chi connectivity index (χ3v) is 6.74. The second-order valence-electron chi connectivity index (χ2n) is 8.22. The fourth-order valence-electron chi connectivity index (χ4n) is 4.60. The van der Waals surface area contributed by atoms with E-state index in [1.165, 1.54) is 5.56 Å². The Labute approximate surface area is 181 Å². The number of rotatable bonds is 4. The van der Waals surface area contributed by atoms with Gasteiger partial charge in [-0.3, -0.25) is 9.59 Å². The first-order chi connectivity index (χ1) is 14.0. The maximum Gasteiger partial charge on any atom is 0.239 e. The fraction of sp³-hybridized carbons (Fsp3) is 0.417. The Kier molecular flexibility index (Phi) is 6.04. The largest absolute Gasteiger partial charge is 0.342 e. The minimum Gasteiger partial charge on any atom is -0.342 e. The van der Waals surface area contributed by atoms with Gasteiger partial charge in [-0.2, -0.15) is 0 Å². The number of carbonyl (C=O) groups excluding carboxylic acids is 2. The summed E-state index contributed by atoms with van der Waals surface area (Å²) in [6.45, 7) is 4.14. The number of likely N-dealkylation sites (tertiary alicyclic amines) is 1. The summed E-state index contributed by atoms with van der Waals surface area (Å²) in [5, 5.41) is 0. The van der Waals surface area contributed by atoms with Gasteiger partial charge in [0.15, 0.2) is 0 Å². The quantitative estimate of drug-likeness (QED) is 0.633. The average molecular weight is 455 g/mol. The highest BCUT2D eigenvalue weighted by Gasteiger charge is 2.40. The summed E-state index contributed by atoms with van der Waals surface area (Å²) >= 11 is 3.47. The fourth-order valence-corrected chi connectivity index (χ4v) is 5.07. The minimum absolute atomic E-state index is 0.0189. The van der Waals surface area contributed by atoms with Crippen LogP contribution < -0.4 is 4.90 Å². The van der Waals surface area contributed by atoms with Gasteiger partial charge in [-0.1, -0.05) is 46.3 Å². The number of anilines is 1. The summed E-state index contributed by atoms with van der Waals surface area (Å²) in [4.78, 5) is 29.8. The van der Waals surface area contributed by atoms with Crippen LogP contribution in [0.15, 0.2) is 53.0 Å². The van der Waals surface area contributed by atoms with Crippen LogP contribution in [0, 0.1) is 18.8 Å². The van der Waals surface area contributed by atoms with E-state index in [1.54, 1.807) is 4.90 Å². The van der Waals surface area contributed by atoms with E-state index in [2.05, 4.69) is 40.2 Å². The van der Waals surface area contributed by atoms with Crippen LogP contribution in [0.1, 0.15) is 30.4 Å². The molecule has 4 nitrogen and oxygen atoms in total. The molecule has 152 valence electrons. The number of benzene rings is 2. The zero-order valence-electron chi connectivity index (χ0n) is 16.8. The van der Waals surface area contributed by atoms with Crippen molar-refractivity contribution >= 4 is 33.4 Å². The third-order valence-electron chi connectivity index (χ3n) is 6.25. The molecule has 2 amide bonds. The van der Waals surface area contributed by atoms with Gasteiger partial charge in [0.2, 0.25) is 11.8 Å². The number of carbonyl (C=O) groups is 2. The Bertz CT molecular complexity index is 891. The summed E-state index contributed by atoms with van der Waals surface area (Å²) < 4.78 is 0.997. The summed E-state index contributed by atoms with van der Waals surface area (Å²) in [6, 6.07) is 16.5. The highest BCUT2D eigenvalue weighted by molar-refractivity contribution is 9.10. The Hall–Kier alpha value is -2.14. The molecular formula is C24H27BrN2O2. The lowest BCUT2D eigenvalue weighted by Gasteiger charge is -2.33. The molecule has 0 radical (unpaired) electrons. The van der Waals surface area contributed by atoms with E-state index in [-0.39, 0.29) is 11.8 Å². The van der Waals surface area contributed by atoms with E-state index in [1.807, 2.05) is 36.1 Å². The third kappa shape index (κ3) is 4.40. The van der Waals surface area contributed by atoms with Gasteiger partial charge in [0.25, 0.3) is 0 Å². The van der Waals surface area contributed by atoms with Crippen molar-refractivity contribution in [3.63, 3.8) is 0 Å². The summed E-state index contributed by atoms with van der Waals surface area (Å²) in [5.74, 6) is 0.0589. The van der Waals surface area contributed by atoms with Gasteiger partial charge in [0.05, 0.1) is 0 Å². The minimum atomic E-state index is -0.524. The van der Waals surface area contributed by atoms with Crippen molar-refractivity contribution in [1.82, 2.24) is 4.90 Å². The summed E-state index contributed by atoms with van der Waals surface area (Å²) in [7, 11) is 0. The SMILES string of the molecule is Cc1cc(Br)ccc1N1CC[C@@H](C(=O)N2CCC(Cc3ccccc3)CC2)C1=O. The number of hydrogen-bond donors (Lipinski definition) is 0. The van der Waals surface area contributed by atoms with Crippen LogP contribution in [0.4, 0.5) is 5.69 Å². The van der Waals surface area contributed by atoms with E-state index in [0.29, 0.717) is 18.9 Å². The average Bonchev–Trinajstić information content (AvgIpc) is 3.10. The predicted molar refractivity (Wildman–Crippen MR) is 119 cm³/mol. The topological polar surface area (TPSA) is 40.6 Å². The van der Waals surface area contributed by atoms with Gasteiger partial charge >= 0.3 is 0 Å². The molecule has 0 saturated carbocycles. The highest BCUT2D eigenvalue weighted by atomic mass is 79.9. The number of nitrogens with zero attached hydrogens (tertiary/aromatic N) is 2. The highest BCUT2D eigenvalue weighted by Crippen LogP contribution is 2.31. The lowest BCUT2D eigenvalue weighted by Crippen LogP contribution is -2.44. The van der Waals surface area contributed by atoms with E-state index in [4.69, 9.17) is 0 Å². The molecule has 2 aromatic carbocycles. The number of piperidine rings is 1. The first-order valence-corrected chi connectivity index (χ1v) is 11.2. The van der Waals surface area contributed by atoms with Gasteiger partial charge in [0, 0.05) is 29.8 Å². The molecule has 0 bridgehead atoms. The van der Waals surface area contributed by atoms with Crippen LogP contribution in [0.5, 0.6) is 0 Å². The van der Waals surface area contributed by atoms with Crippen molar-refractivity contribution in [2.75, 3.05) is 24.5 Å². The van der Waals surface area contributed by atoms with Crippen molar-refractivity contribution in [1.29, 1.82) is 0 Å². The van der Waals surface area contributed by atoms with Gasteiger partial charge in [-0.15, -0.1) is 0 Å². The zero-order chi connectivity index (χ0) is 20.4. The lowest BCUT2D eigenvalue weighted by molar-refractivity contribution is -0.141. The maximum atomic E-state index is 13.1. The standard InChI is InChI=1S/C24H27BrN2O2/c1-17-15-20(25)7-8-22(17)27-14-11-21(24(27)29)23(28)26-12-9-19(10-13-26)16-18-5-3-2-4-6-18/h2-8,15,19,21H,9-14,16H2,1H3/t21-/m0/s1. The number of hydrogen-bond acceptors (Lipinski definition) is 2. The van der Waals surface area contributed by atoms with Crippen LogP contribution in [0.25, 0.3) is 0 Å². The van der Waals surface area contributed by atoms with Crippen molar-refractivity contribution in [2.24, 2.45) is 11.8 Å². The molecule has 2 fully saturated rings. The Balaban J connectivity index is 1.35. The molecule has 0 spiro atoms. The van der Waals surface area contributed by atoms with E-state index in [9.17, 15) is 9.59 Å². The molecule has 2 saturated heterocycles. The van der Waals surface area contributed by atoms with Crippen LogP contribution in [-0.4, -0.2) is 36.3 Å². The van der Waals surface area contributed by atoms with Crippen LogP contribution in [-0.2, 0) is 16.0 Å². The van der Waals surface area contributed by atoms with Crippen molar-refractivity contribution in [2.45, 2.75) is 32.6 Å². The molecule has 0 unspecified atom stereocenters.